The Hall–Kier alpha value is -4.18. The van der Waals surface area contributed by atoms with Crippen LogP contribution in [0.5, 0.6) is 0 Å². The van der Waals surface area contributed by atoms with Crippen molar-refractivity contribution in [3.8, 4) is 0 Å². The van der Waals surface area contributed by atoms with Crippen molar-refractivity contribution < 1.29 is 33.1 Å². The number of aryl methyl sites for hydroxylation is 1. The molecule has 4 aromatic rings. The topological polar surface area (TPSA) is 123 Å². The van der Waals surface area contributed by atoms with Gasteiger partial charge in [-0.15, -0.1) is 0 Å². The Morgan fingerprint density at radius 3 is 2.74 bits per heavy atom. The number of carbonyl (C=O) groups is 3. The van der Waals surface area contributed by atoms with Crippen LogP contribution < -0.4 is 4.90 Å². The summed E-state index contributed by atoms with van der Waals surface area (Å²) in [4.78, 5) is 44.7. The van der Waals surface area contributed by atoms with Gasteiger partial charge in [-0.2, -0.15) is 0 Å². The second-order valence-corrected chi connectivity index (χ2v) is 8.44. The molecule has 1 aromatic carbocycles. The van der Waals surface area contributed by atoms with E-state index in [9.17, 15) is 19.5 Å². The number of furan rings is 2. The second kappa shape index (κ2) is 8.31. The molecule has 0 saturated carbocycles. The molecular weight excluding hydrogens is 460 g/mol. The molecule has 1 aliphatic heterocycles. The zero-order chi connectivity index (χ0) is 24.0. The minimum atomic E-state index is -1.11. The lowest BCUT2D eigenvalue weighted by molar-refractivity contribution is -0.117. The summed E-state index contributed by atoms with van der Waals surface area (Å²) < 4.78 is 16.3. The quantitative estimate of drug-likeness (QED) is 0.311. The molecule has 0 bridgehead atoms. The smallest absolute Gasteiger partial charge is 0.350 e. The van der Waals surface area contributed by atoms with Crippen LogP contribution in [-0.2, 0) is 9.53 Å². The highest BCUT2D eigenvalue weighted by atomic mass is 32.1. The Morgan fingerprint density at radius 1 is 1.24 bits per heavy atom. The molecule has 1 aliphatic rings. The van der Waals surface area contributed by atoms with Crippen molar-refractivity contribution in [2.24, 2.45) is 0 Å². The monoisotopic (exact) mass is 478 g/mol. The number of carbonyl (C=O) groups excluding carboxylic acids is 3. The number of esters is 1. The van der Waals surface area contributed by atoms with E-state index in [1.807, 2.05) is 0 Å². The lowest BCUT2D eigenvalue weighted by Gasteiger charge is -2.21. The molecule has 4 heterocycles. The van der Waals surface area contributed by atoms with Gasteiger partial charge in [0, 0.05) is 5.39 Å². The number of hydrogen-bond donors (Lipinski definition) is 1. The highest BCUT2D eigenvalue weighted by molar-refractivity contribution is 7.17. The van der Waals surface area contributed by atoms with Crippen LogP contribution in [0.4, 0.5) is 5.13 Å². The predicted molar refractivity (Wildman–Crippen MR) is 122 cm³/mol. The Bertz CT molecular complexity index is 1430. The zero-order valence-corrected chi connectivity index (χ0v) is 18.9. The predicted octanol–water partition coefficient (Wildman–Crippen LogP) is 4.75. The summed E-state index contributed by atoms with van der Waals surface area (Å²) >= 11 is 0.930. The fourth-order valence-corrected chi connectivity index (χ4v) is 4.84. The van der Waals surface area contributed by atoms with Crippen molar-refractivity contribution in [2.75, 3.05) is 11.5 Å². The van der Waals surface area contributed by atoms with Crippen LogP contribution in [0, 0.1) is 6.92 Å². The lowest BCUT2D eigenvalue weighted by Crippen LogP contribution is -2.30. The molecule has 1 unspecified atom stereocenters. The molecule has 0 spiro atoms. The van der Waals surface area contributed by atoms with Crippen LogP contribution in [0.15, 0.2) is 68.9 Å². The third kappa shape index (κ3) is 3.39. The lowest BCUT2D eigenvalue weighted by atomic mass is 10.00. The molecule has 3 aromatic heterocycles. The van der Waals surface area contributed by atoms with Crippen molar-refractivity contribution >= 4 is 45.1 Å². The summed E-state index contributed by atoms with van der Waals surface area (Å²) in [5.74, 6) is -2.60. The van der Waals surface area contributed by atoms with E-state index < -0.39 is 29.5 Å². The van der Waals surface area contributed by atoms with Gasteiger partial charge < -0.3 is 18.7 Å². The number of amides is 1. The molecule has 10 heteroatoms. The van der Waals surface area contributed by atoms with Crippen LogP contribution in [0.1, 0.15) is 44.6 Å². The summed E-state index contributed by atoms with van der Waals surface area (Å²) in [6, 6.07) is 10.7. The minimum Gasteiger partial charge on any atom is -0.503 e. The number of aliphatic hydroxyl groups excluding tert-OH is 1. The molecule has 1 atom stereocenters. The Balaban J connectivity index is 1.60. The molecule has 5 rings (SSSR count). The van der Waals surface area contributed by atoms with Gasteiger partial charge in [-0.1, -0.05) is 29.5 Å². The van der Waals surface area contributed by atoms with Crippen molar-refractivity contribution in [3.63, 3.8) is 0 Å². The van der Waals surface area contributed by atoms with Crippen LogP contribution in [0.3, 0.4) is 0 Å². The fraction of sp³-hybridized carbons (Fsp3) is 0.167. The Morgan fingerprint density at radius 2 is 2.03 bits per heavy atom. The number of para-hydroxylation sites is 1. The maximum absolute atomic E-state index is 13.5. The van der Waals surface area contributed by atoms with Gasteiger partial charge in [0.05, 0.1) is 24.1 Å². The van der Waals surface area contributed by atoms with Gasteiger partial charge in [0.25, 0.3) is 5.91 Å². The van der Waals surface area contributed by atoms with Crippen LogP contribution in [0.2, 0.25) is 0 Å². The van der Waals surface area contributed by atoms with E-state index in [1.165, 1.54) is 6.26 Å². The van der Waals surface area contributed by atoms with Crippen LogP contribution in [0.25, 0.3) is 11.0 Å². The standard InChI is InChI=1S/C24H18N2O7S/c1-3-31-23(30)21-12(2)25-24(34-21)26-18(15-9-6-10-32-15)17(20(28)22(26)29)19(27)16-11-13-7-4-5-8-14(13)33-16/h4-11,18,28H,3H2,1-2H3. The van der Waals surface area contributed by atoms with Crippen LogP contribution >= 0.6 is 11.3 Å². The SMILES string of the molecule is CCOC(=O)c1sc(N2C(=O)C(O)=C(C(=O)c3cc4ccccc4o3)C2c2ccco2)nc1C. The van der Waals surface area contributed by atoms with Crippen molar-refractivity contribution in [3.05, 3.63) is 82.2 Å². The first-order valence-corrected chi connectivity index (χ1v) is 11.2. The van der Waals surface area contributed by atoms with Crippen molar-refractivity contribution in [1.82, 2.24) is 4.98 Å². The Labute approximate surface area is 196 Å². The van der Waals surface area contributed by atoms with Gasteiger partial charge in [-0.25, -0.2) is 9.78 Å². The number of thiazole rings is 1. The summed E-state index contributed by atoms with van der Waals surface area (Å²) in [5.41, 5.74) is 0.654. The molecular formula is C24H18N2O7S. The number of benzene rings is 1. The number of nitrogens with zero attached hydrogens (tertiary/aromatic N) is 2. The van der Waals surface area contributed by atoms with E-state index in [1.54, 1.807) is 56.3 Å². The maximum Gasteiger partial charge on any atom is 0.350 e. The number of anilines is 1. The first-order valence-electron chi connectivity index (χ1n) is 10.4. The van der Waals surface area contributed by atoms with Gasteiger partial charge in [-0.05, 0) is 38.1 Å². The number of ketones is 1. The number of aromatic nitrogens is 1. The van der Waals surface area contributed by atoms with Gasteiger partial charge in [-0.3, -0.25) is 14.5 Å². The van der Waals surface area contributed by atoms with Crippen molar-refractivity contribution in [2.45, 2.75) is 19.9 Å². The summed E-state index contributed by atoms with van der Waals surface area (Å²) in [5, 5.41) is 11.6. The molecule has 172 valence electrons. The second-order valence-electron chi connectivity index (χ2n) is 7.46. The summed E-state index contributed by atoms with van der Waals surface area (Å²) in [7, 11) is 0. The van der Waals surface area contributed by atoms with Gasteiger partial charge in [0.2, 0.25) is 5.78 Å². The molecule has 9 nitrogen and oxygen atoms in total. The summed E-state index contributed by atoms with van der Waals surface area (Å²) in [6.07, 6.45) is 1.40. The highest BCUT2D eigenvalue weighted by Crippen LogP contribution is 2.44. The normalized spacial score (nSPS) is 16.0. The van der Waals surface area contributed by atoms with Gasteiger partial charge in [0.15, 0.2) is 16.7 Å². The maximum atomic E-state index is 13.5. The van der Waals surface area contributed by atoms with Crippen molar-refractivity contribution in [1.29, 1.82) is 0 Å². The van der Waals surface area contributed by atoms with E-state index in [2.05, 4.69) is 4.98 Å². The van der Waals surface area contributed by atoms with E-state index >= 15 is 0 Å². The number of fused-ring (bicyclic) bond motifs is 1. The Kier molecular flexibility index (Phi) is 5.29. The highest BCUT2D eigenvalue weighted by Gasteiger charge is 2.48. The average Bonchev–Trinajstić information content (AvgIpc) is 3.60. The molecule has 0 radical (unpaired) electrons. The van der Waals surface area contributed by atoms with Gasteiger partial charge in [0.1, 0.15) is 22.3 Å². The van der Waals surface area contributed by atoms with E-state index in [0.29, 0.717) is 16.7 Å². The zero-order valence-electron chi connectivity index (χ0n) is 18.1. The molecule has 1 N–H and O–H groups in total. The van der Waals surface area contributed by atoms with E-state index in [0.717, 1.165) is 16.2 Å². The first-order chi connectivity index (χ1) is 16.4. The van der Waals surface area contributed by atoms with E-state index in [4.69, 9.17) is 13.6 Å². The minimum absolute atomic E-state index is 0.0310. The van der Waals surface area contributed by atoms with E-state index in [-0.39, 0.29) is 33.7 Å². The molecule has 0 saturated heterocycles. The first kappa shape index (κ1) is 21.7. The largest absolute Gasteiger partial charge is 0.503 e. The number of Topliss-reactive ketones (excluding diaryl/α,β-unsaturated/α-hetero) is 1. The molecule has 34 heavy (non-hydrogen) atoms. The fourth-order valence-electron chi connectivity index (χ4n) is 3.85. The third-order valence-corrected chi connectivity index (χ3v) is 6.50. The van der Waals surface area contributed by atoms with Crippen LogP contribution in [-0.4, -0.2) is 34.4 Å². The molecule has 0 aliphatic carbocycles. The number of hydrogen-bond acceptors (Lipinski definition) is 9. The number of rotatable bonds is 6. The average molecular weight is 478 g/mol. The van der Waals surface area contributed by atoms with Gasteiger partial charge >= 0.3 is 5.97 Å². The number of aliphatic hydroxyl groups is 1. The molecule has 1 amide bonds. The summed E-state index contributed by atoms with van der Waals surface area (Å²) in [6.45, 7) is 3.48. The third-order valence-electron chi connectivity index (χ3n) is 5.37. The molecule has 0 fully saturated rings. The number of ether oxygens (including phenoxy) is 1.